The lowest BCUT2D eigenvalue weighted by Crippen LogP contribution is -2.25. The van der Waals surface area contributed by atoms with Gasteiger partial charge in [0.1, 0.15) is 5.75 Å². The van der Waals surface area contributed by atoms with Gasteiger partial charge in [0.2, 0.25) is 5.91 Å². The first-order valence-corrected chi connectivity index (χ1v) is 7.55. The van der Waals surface area contributed by atoms with Crippen LogP contribution in [0.3, 0.4) is 0 Å². The van der Waals surface area contributed by atoms with E-state index in [0.717, 1.165) is 0 Å². The molecule has 23 heavy (non-hydrogen) atoms. The number of halogens is 1. The molecule has 0 saturated carbocycles. The zero-order chi connectivity index (χ0) is 16.7. The minimum absolute atomic E-state index is 0.0954. The molecule has 2 aromatic carbocycles. The van der Waals surface area contributed by atoms with Crippen LogP contribution < -0.4 is 10.6 Å². The van der Waals surface area contributed by atoms with Gasteiger partial charge >= 0.3 is 0 Å². The maximum absolute atomic E-state index is 11.8. The summed E-state index contributed by atoms with van der Waals surface area (Å²) in [5, 5.41) is 15.3. The van der Waals surface area contributed by atoms with Gasteiger partial charge in [-0.1, -0.05) is 17.7 Å². The Kier molecular flexibility index (Phi) is 6.00. The van der Waals surface area contributed by atoms with Crippen LogP contribution in [-0.2, 0) is 4.79 Å². The highest BCUT2D eigenvalue weighted by atomic mass is 35.5. The summed E-state index contributed by atoms with van der Waals surface area (Å²) in [5.74, 6) is -0.274. The molecule has 0 heterocycles. The lowest BCUT2D eigenvalue weighted by molar-refractivity contribution is -0.116. The number of carbonyl (C=O) groups is 2. The van der Waals surface area contributed by atoms with Crippen LogP contribution in [0.25, 0.3) is 0 Å². The Balaban J connectivity index is 1.69. The SMILES string of the molecule is O=C(CCCNC(=O)c1ccc(Cl)cc1)Nc1cccc(O)c1. The smallest absolute Gasteiger partial charge is 0.251 e. The van der Waals surface area contributed by atoms with Crippen LogP contribution in [0.1, 0.15) is 23.2 Å². The van der Waals surface area contributed by atoms with E-state index in [-0.39, 0.29) is 24.0 Å². The molecule has 2 rings (SSSR count). The zero-order valence-electron chi connectivity index (χ0n) is 12.4. The number of carbonyl (C=O) groups excluding carboxylic acids is 2. The second kappa shape index (κ2) is 8.19. The third-order valence-corrected chi connectivity index (χ3v) is 3.35. The van der Waals surface area contributed by atoms with Gasteiger partial charge in [-0.05, 0) is 42.8 Å². The van der Waals surface area contributed by atoms with E-state index in [4.69, 9.17) is 11.6 Å². The number of rotatable bonds is 6. The predicted molar refractivity (Wildman–Crippen MR) is 89.8 cm³/mol. The van der Waals surface area contributed by atoms with Crippen molar-refractivity contribution < 1.29 is 14.7 Å². The largest absolute Gasteiger partial charge is 0.508 e. The number of hydrogen-bond donors (Lipinski definition) is 3. The molecule has 0 aliphatic heterocycles. The number of aromatic hydroxyl groups is 1. The van der Waals surface area contributed by atoms with Gasteiger partial charge in [0.15, 0.2) is 0 Å². The fourth-order valence-electron chi connectivity index (χ4n) is 1.96. The summed E-state index contributed by atoms with van der Waals surface area (Å²) >= 11 is 5.76. The fraction of sp³-hybridized carbons (Fsp3) is 0.176. The lowest BCUT2D eigenvalue weighted by atomic mass is 10.2. The van der Waals surface area contributed by atoms with Crippen molar-refractivity contribution in [1.29, 1.82) is 0 Å². The monoisotopic (exact) mass is 332 g/mol. The molecule has 0 aliphatic carbocycles. The molecule has 0 spiro atoms. The van der Waals surface area contributed by atoms with Crippen molar-refractivity contribution in [3.8, 4) is 5.75 Å². The summed E-state index contributed by atoms with van der Waals surface area (Å²) in [7, 11) is 0. The average molecular weight is 333 g/mol. The second-order valence-corrected chi connectivity index (χ2v) is 5.40. The Labute approximate surface area is 139 Å². The molecule has 0 radical (unpaired) electrons. The van der Waals surface area contributed by atoms with Crippen molar-refractivity contribution >= 4 is 29.1 Å². The van der Waals surface area contributed by atoms with Crippen molar-refractivity contribution in [2.45, 2.75) is 12.8 Å². The number of anilines is 1. The summed E-state index contributed by atoms with van der Waals surface area (Å²) in [6.07, 6.45) is 0.792. The molecule has 120 valence electrons. The Morgan fingerprint density at radius 3 is 2.52 bits per heavy atom. The molecule has 3 N–H and O–H groups in total. The molecule has 6 heteroatoms. The molecule has 2 aromatic rings. The van der Waals surface area contributed by atoms with Crippen LogP contribution in [-0.4, -0.2) is 23.5 Å². The fourth-order valence-corrected chi connectivity index (χ4v) is 2.09. The predicted octanol–water partition coefficient (Wildman–Crippen LogP) is 3.19. The zero-order valence-corrected chi connectivity index (χ0v) is 13.1. The molecule has 0 unspecified atom stereocenters. The van der Waals surface area contributed by atoms with Gasteiger partial charge in [0.05, 0.1) is 0 Å². The van der Waals surface area contributed by atoms with Gasteiger partial charge in [-0.15, -0.1) is 0 Å². The summed E-state index contributed by atoms with van der Waals surface area (Å²) < 4.78 is 0. The maximum atomic E-state index is 11.8. The molecule has 5 nitrogen and oxygen atoms in total. The van der Waals surface area contributed by atoms with Crippen LogP contribution in [0.4, 0.5) is 5.69 Å². The molecule has 0 aliphatic rings. The Morgan fingerprint density at radius 2 is 1.83 bits per heavy atom. The van der Waals surface area contributed by atoms with Crippen LogP contribution in [0.5, 0.6) is 5.75 Å². The first-order chi connectivity index (χ1) is 11.0. The highest BCUT2D eigenvalue weighted by Gasteiger charge is 2.06. The highest BCUT2D eigenvalue weighted by molar-refractivity contribution is 6.30. The van der Waals surface area contributed by atoms with Gasteiger partial charge in [0, 0.05) is 35.3 Å². The Hall–Kier alpha value is -2.53. The molecule has 0 atom stereocenters. The van der Waals surface area contributed by atoms with Gasteiger partial charge in [-0.25, -0.2) is 0 Å². The van der Waals surface area contributed by atoms with Crippen LogP contribution in [0.15, 0.2) is 48.5 Å². The van der Waals surface area contributed by atoms with Crippen molar-refractivity contribution in [2.24, 2.45) is 0 Å². The summed E-state index contributed by atoms with van der Waals surface area (Å²) in [6, 6.07) is 12.9. The standard InChI is InChI=1S/C17H17ClN2O3/c18-13-8-6-12(7-9-13)17(23)19-10-2-5-16(22)20-14-3-1-4-15(21)11-14/h1,3-4,6-9,11,21H,2,5,10H2,(H,19,23)(H,20,22). The molecule has 0 bridgehead atoms. The van der Waals surface area contributed by atoms with E-state index in [1.807, 2.05) is 0 Å². The third-order valence-electron chi connectivity index (χ3n) is 3.10. The minimum Gasteiger partial charge on any atom is -0.508 e. The molecule has 0 aromatic heterocycles. The number of benzene rings is 2. The number of phenolic OH excluding ortho intramolecular Hbond substituents is 1. The Morgan fingerprint density at radius 1 is 1.09 bits per heavy atom. The van der Waals surface area contributed by atoms with Crippen LogP contribution >= 0.6 is 11.6 Å². The van der Waals surface area contributed by atoms with E-state index in [2.05, 4.69) is 10.6 Å². The van der Waals surface area contributed by atoms with Crippen molar-refractivity contribution in [3.63, 3.8) is 0 Å². The number of nitrogens with one attached hydrogen (secondary N) is 2. The molecule has 2 amide bonds. The maximum Gasteiger partial charge on any atom is 0.251 e. The van der Waals surface area contributed by atoms with E-state index < -0.39 is 0 Å². The van der Waals surface area contributed by atoms with E-state index in [1.54, 1.807) is 36.4 Å². The van der Waals surface area contributed by atoms with Crippen molar-refractivity contribution in [2.75, 3.05) is 11.9 Å². The highest BCUT2D eigenvalue weighted by Crippen LogP contribution is 2.15. The summed E-state index contributed by atoms with van der Waals surface area (Å²) in [5.41, 5.74) is 1.07. The van der Waals surface area contributed by atoms with Gasteiger partial charge in [-0.3, -0.25) is 9.59 Å². The third kappa shape index (κ3) is 5.64. The van der Waals surface area contributed by atoms with Gasteiger partial charge < -0.3 is 15.7 Å². The van der Waals surface area contributed by atoms with Crippen molar-refractivity contribution in [1.82, 2.24) is 5.32 Å². The summed E-state index contributed by atoms with van der Waals surface area (Å²) in [6.45, 7) is 0.398. The number of phenols is 1. The lowest BCUT2D eigenvalue weighted by Gasteiger charge is -2.07. The van der Waals surface area contributed by atoms with E-state index in [9.17, 15) is 14.7 Å². The number of amides is 2. The van der Waals surface area contributed by atoms with Crippen molar-refractivity contribution in [3.05, 3.63) is 59.1 Å². The minimum atomic E-state index is -0.199. The number of hydrogen-bond acceptors (Lipinski definition) is 3. The quantitative estimate of drug-likeness (QED) is 0.711. The van der Waals surface area contributed by atoms with E-state index in [0.29, 0.717) is 29.2 Å². The van der Waals surface area contributed by atoms with E-state index >= 15 is 0 Å². The molecule has 0 saturated heterocycles. The average Bonchev–Trinajstić information content (AvgIpc) is 2.52. The van der Waals surface area contributed by atoms with E-state index in [1.165, 1.54) is 12.1 Å². The topological polar surface area (TPSA) is 78.4 Å². The summed E-state index contributed by atoms with van der Waals surface area (Å²) in [4.78, 5) is 23.6. The second-order valence-electron chi connectivity index (χ2n) is 4.96. The van der Waals surface area contributed by atoms with Gasteiger partial charge in [0.25, 0.3) is 5.91 Å². The molecule has 0 fully saturated rings. The molecular formula is C17H17ClN2O3. The molecular weight excluding hydrogens is 316 g/mol. The van der Waals surface area contributed by atoms with Gasteiger partial charge in [-0.2, -0.15) is 0 Å². The van der Waals surface area contributed by atoms with Crippen LogP contribution in [0, 0.1) is 0 Å². The normalized spacial score (nSPS) is 10.1. The first kappa shape index (κ1) is 16.8. The Bertz CT molecular complexity index is 686. The first-order valence-electron chi connectivity index (χ1n) is 7.17. The van der Waals surface area contributed by atoms with Crippen LogP contribution in [0.2, 0.25) is 5.02 Å².